The maximum Gasteiger partial charge on any atom is 0.177 e. The average Bonchev–Trinajstić information content (AvgIpc) is 3.32. The van der Waals surface area contributed by atoms with Crippen molar-refractivity contribution in [2.24, 2.45) is 0 Å². The highest BCUT2D eigenvalue weighted by Gasteiger charge is 2.10. The van der Waals surface area contributed by atoms with Crippen LogP contribution in [-0.4, -0.2) is 24.8 Å². The standard InChI is InChI=1S/C19H13N5S/c1-3-14-11-13(5-6-15(14)20-9-1)12-19-22-21-18-8-7-16(23-24(18)19)17-4-2-10-25-17/h1-11H,12H2. The molecule has 0 spiro atoms. The molecule has 6 heteroatoms. The van der Waals surface area contributed by atoms with Crippen LogP contribution in [0, 0.1) is 0 Å². The van der Waals surface area contributed by atoms with Gasteiger partial charge in [-0.25, -0.2) is 0 Å². The van der Waals surface area contributed by atoms with Crippen LogP contribution in [0.1, 0.15) is 11.4 Å². The lowest BCUT2D eigenvalue weighted by Crippen LogP contribution is -2.01. The summed E-state index contributed by atoms with van der Waals surface area (Å²) < 4.78 is 1.84. The Labute approximate surface area is 147 Å². The molecule has 5 rings (SSSR count). The van der Waals surface area contributed by atoms with E-state index in [0.29, 0.717) is 6.42 Å². The first-order chi connectivity index (χ1) is 12.4. The average molecular weight is 343 g/mol. The van der Waals surface area contributed by atoms with Crippen molar-refractivity contribution in [1.82, 2.24) is 24.8 Å². The molecule has 1 aromatic carbocycles. The second-order valence-corrected chi connectivity index (χ2v) is 6.74. The van der Waals surface area contributed by atoms with Crippen LogP contribution >= 0.6 is 11.3 Å². The second kappa shape index (κ2) is 5.75. The number of nitrogens with zero attached hydrogens (tertiary/aromatic N) is 5. The topological polar surface area (TPSA) is 56.0 Å². The Morgan fingerprint density at radius 2 is 1.96 bits per heavy atom. The highest BCUT2D eigenvalue weighted by atomic mass is 32.1. The minimum Gasteiger partial charge on any atom is -0.256 e. The summed E-state index contributed by atoms with van der Waals surface area (Å²) in [5.74, 6) is 0.830. The number of pyridine rings is 1. The van der Waals surface area contributed by atoms with E-state index in [1.54, 1.807) is 11.3 Å². The van der Waals surface area contributed by atoms with Gasteiger partial charge in [0.1, 0.15) is 5.69 Å². The van der Waals surface area contributed by atoms with Gasteiger partial charge in [-0.1, -0.05) is 18.2 Å². The Balaban J connectivity index is 1.56. The second-order valence-electron chi connectivity index (χ2n) is 5.79. The van der Waals surface area contributed by atoms with Crippen molar-refractivity contribution >= 4 is 27.9 Å². The Morgan fingerprint density at radius 1 is 0.960 bits per heavy atom. The number of rotatable bonds is 3. The lowest BCUT2D eigenvalue weighted by Gasteiger charge is -2.03. The van der Waals surface area contributed by atoms with Crippen LogP contribution in [0.4, 0.5) is 0 Å². The predicted molar refractivity (Wildman–Crippen MR) is 98.6 cm³/mol. The largest absolute Gasteiger partial charge is 0.256 e. The maximum atomic E-state index is 4.73. The van der Waals surface area contributed by atoms with Crippen LogP contribution in [0.5, 0.6) is 0 Å². The third-order valence-corrected chi connectivity index (χ3v) is 5.02. The highest BCUT2D eigenvalue weighted by molar-refractivity contribution is 7.13. The number of benzene rings is 1. The Bertz CT molecular complexity index is 1180. The molecule has 0 aliphatic rings. The molecule has 0 N–H and O–H groups in total. The zero-order valence-corrected chi connectivity index (χ0v) is 14.0. The van der Waals surface area contributed by atoms with Crippen LogP contribution in [0.15, 0.2) is 66.2 Å². The smallest absolute Gasteiger partial charge is 0.177 e. The number of hydrogen-bond acceptors (Lipinski definition) is 5. The predicted octanol–water partition coefficient (Wildman–Crippen LogP) is 3.99. The van der Waals surface area contributed by atoms with Crippen LogP contribution in [0.2, 0.25) is 0 Å². The third-order valence-electron chi connectivity index (χ3n) is 4.13. The highest BCUT2D eigenvalue weighted by Crippen LogP contribution is 2.23. The molecular formula is C19H13N5S. The molecule has 0 fully saturated rings. The van der Waals surface area contributed by atoms with Crippen molar-refractivity contribution in [3.8, 4) is 10.6 Å². The molecule has 25 heavy (non-hydrogen) atoms. The van der Waals surface area contributed by atoms with E-state index >= 15 is 0 Å². The first kappa shape index (κ1) is 14.2. The molecular weight excluding hydrogens is 330 g/mol. The van der Waals surface area contributed by atoms with Crippen molar-refractivity contribution in [2.45, 2.75) is 6.42 Å². The summed E-state index contributed by atoms with van der Waals surface area (Å²) in [6.07, 6.45) is 2.48. The van der Waals surface area contributed by atoms with Gasteiger partial charge in [-0.05, 0) is 47.3 Å². The van der Waals surface area contributed by atoms with Crippen molar-refractivity contribution in [3.63, 3.8) is 0 Å². The SMILES string of the molecule is c1csc(-c2ccc3nnc(Cc4ccc5ncccc5c4)n3n2)c1. The molecule has 0 aliphatic heterocycles. The molecule has 0 unspecified atom stereocenters. The van der Waals surface area contributed by atoms with Gasteiger partial charge in [-0.3, -0.25) is 4.98 Å². The number of fused-ring (bicyclic) bond motifs is 2. The van der Waals surface area contributed by atoms with E-state index in [-0.39, 0.29) is 0 Å². The van der Waals surface area contributed by atoms with Crippen molar-refractivity contribution in [1.29, 1.82) is 0 Å². The van der Waals surface area contributed by atoms with Gasteiger partial charge in [0.25, 0.3) is 0 Å². The van der Waals surface area contributed by atoms with Gasteiger partial charge in [0.05, 0.1) is 10.4 Å². The van der Waals surface area contributed by atoms with E-state index in [1.807, 2.05) is 41.0 Å². The number of thiophene rings is 1. The lowest BCUT2D eigenvalue weighted by atomic mass is 10.1. The zero-order chi connectivity index (χ0) is 16.6. The van der Waals surface area contributed by atoms with Crippen molar-refractivity contribution < 1.29 is 0 Å². The van der Waals surface area contributed by atoms with Gasteiger partial charge in [0.2, 0.25) is 0 Å². The quantitative estimate of drug-likeness (QED) is 0.497. The molecule has 0 amide bonds. The monoisotopic (exact) mass is 343 g/mol. The summed E-state index contributed by atoms with van der Waals surface area (Å²) in [6, 6.07) is 18.3. The van der Waals surface area contributed by atoms with Crippen LogP contribution in [0.3, 0.4) is 0 Å². The summed E-state index contributed by atoms with van der Waals surface area (Å²) in [7, 11) is 0. The fraction of sp³-hybridized carbons (Fsp3) is 0.0526. The molecule has 5 aromatic rings. The molecule has 0 saturated carbocycles. The Kier molecular flexibility index (Phi) is 3.28. The fourth-order valence-electron chi connectivity index (χ4n) is 2.92. The summed E-state index contributed by atoms with van der Waals surface area (Å²) in [5.41, 5.74) is 3.86. The molecule has 4 heterocycles. The number of hydrogen-bond donors (Lipinski definition) is 0. The van der Waals surface area contributed by atoms with Crippen LogP contribution < -0.4 is 0 Å². The Morgan fingerprint density at radius 3 is 2.88 bits per heavy atom. The van der Waals surface area contributed by atoms with E-state index in [0.717, 1.165) is 38.5 Å². The summed E-state index contributed by atoms with van der Waals surface area (Å²) in [6.45, 7) is 0. The van der Waals surface area contributed by atoms with Gasteiger partial charge < -0.3 is 0 Å². The first-order valence-corrected chi connectivity index (χ1v) is 8.84. The van der Waals surface area contributed by atoms with Crippen LogP contribution in [0.25, 0.3) is 27.1 Å². The minimum absolute atomic E-state index is 0.674. The van der Waals surface area contributed by atoms with Gasteiger partial charge in [0.15, 0.2) is 11.5 Å². The summed E-state index contributed by atoms with van der Waals surface area (Å²) in [4.78, 5) is 5.50. The fourth-order valence-corrected chi connectivity index (χ4v) is 3.61. The zero-order valence-electron chi connectivity index (χ0n) is 13.2. The summed E-state index contributed by atoms with van der Waals surface area (Å²) in [5, 5.41) is 16.5. The van der Waals surface area contributed by atoms with Gasteiger partial charge in [-0.15, -0.1) is 21.5 Å². The molecule has 120 valence electrons. The van der Waals surface area contributed by atoms with Gasteiger partial charge in [0, 0.05) is 18.0 Å². The van der Waals surface area contributed by atoms with Gasteiger partial charge >= 0.3 is 0 Å². The van der Waals surface area contributed by atoms with E-state index in [9.17, 15) is 0 Å². The molecule has 5 nitrogen and oxygen atoms in total. The molecule has 4 aromatic heterocycles. The molecule has 0 bridgehead atoms. The van der Waals surface area contributed by atoms with E-state index in [2.05, 4.69) is 44.8 Å². The minimum atomic E-state index is 0.674. The molecule has 0 aliphatic carbocycles. The molecule has 0 radical (unpaired) electrons. The summed E-state index contributed by atoms with van der Waals surface area (Å²) >= 11 is 1.67. The van der Waals surface area contributed by atoms with E-state index in [4.69, 9.17) is 5.10 Å². The van der Waals surface area contributed by atoms with Gasteiger partial charge in [-0.2, -0.15) is 9.61 Å². The van der Waals surface area contributed by atoms with Crippen molar-refractivity contribution in [2.75, 3.05) is 0 Å². The van der Waals surface area contributed by atoms with Crippen LogP contribution in [-0.2, 0) is 6.42 Å². The first-order valence-electron chi connectivity index (χ1n) is 7.96. The Hall–Kier alpha value is -3.12. The maximum absolute atomic E-state index is 4.73. The lowest BCUT2D eigenvalue weighted by molar-refractivity contribution is 0.843. The molecule has 0 atom stereocenters. The normalized spacial score (nSPS) is 11.4. The van der Waals surface area contributed by atoms with E-state index in [1.165, 1.54) is 0 Å². The number of aromatic nitrogens is 5. The van der Waals surface area contributed by atoms with Crippen molar-refractivity contribution in [3.05, 3.63) is 77.6 Å². The van der Waals surface area contributed by atoms with E-state index < -0.39 is 0 Å². The third kappa shape index (κ3) is 2.56. The molecule has 0 saturated heterocycles.